The predicted molar refractivity (Wildman–Crippen MR) is 142 cm³/mol. The molecule has 1 rings (SSSR count). The Morgan fingerprint density at radius 3 is 2.29 bits per heavy atom. The number of amides is 3. The second kappa shape index (κ2) is 15.1. The van der Waals surface area contributed by atoms with Gasteiger partial charge in [0.05, 0.1) is 5.69 Å². The number of nitrogens with one attached hydrogen (secondary N) is 3. The maximum Gasteiger partial charge on any atom is 0.408 e. The molecule has 0 bridgehead atoms. The van der Waals surface area contributed by atoms with Crippen LogP contribution in [0.4, 0.5) is 9.59 Å². The molecule has 3 N–H and O–H groups in total. The smallest absolute Gasteiger partial charge is 0.408 e. The van der Waals surface area contributed by atoms with Gasteiger partial charge in [0.1, 0.15) is 17.2 Å². The highest BCUT2D eigenvalue weighted by atomic mass is 32.2. The topological polar surface area (TPSA) is 119 Å². The fourth-order valence-electron chi connectivity index (χ4n) is 2.79. The monoisotopic (exact) mass is 528 g/mol. The Labute approximate surface area is 217 Å². The van der Waals surface area contributed by atoms with E-state index in [1.54, 1.807) is 71.3 Å². The predicted octanol–water partition coefficient (Wildman–Crippen LogP) is 4.35. The van der Waals surface area contributed by atoms with E-state index in [0.717, 1.165) is 16.3 Å². The van der Waals surface area contributed by atoms with Crippen molar-refractivity contribution >= 4 is 41.6 Å². The molecule has 0 aliphatic rings. The van der Waals surface area contributed by atoms with E-state index in [2.05, 4.69) is 20.9 Å². The summed E-state index contributed by atoms with van der Waals surface area (Å²) < 4.78 is 10.5. The second-order valence-corrected chi connectivity index (χ2v) is 11.7. The number of alkyl carbamates (subject to hydrolysis) is 2. The molecule has 9 nitrogen and oxygen atoms in total. The van der Waals surface area contributed by atoms with Crippen LogP contribution in [0.3, 0.4) is 0 Å². The van der Waals surface area contributed by atoms with Crippen LogP contribution in [-0.2, 0) is 20.0 Å². The van der Waals surface area contributed by atoms with Gasteiger partial charge in [0.2, 0.25) is 5.91 Å². The lowest BCUT2D eigenvalue weighted by atomic mass is 10.1. The molecule has 11 heteroatoms. The summed E-state index contributed by atoms with van der Waals surface area (Å²) in [5, 5.41) is 8.19. The van der Waals surface area contributed by atoms with Crippen LogP contribution in [-0.4, -0.2) is 65.4 Å². The highest BCUT2D eigenvalue weighted by Gasteiger charge is 2.24. The van der Waals surface area contributed by atoms with E-state index in [0.29, 0.717) is 31.7 Å². The van der Waals surface area contributed by atoms with E-state index in [1.165, 1.54) is 0 Å². The minimum absolute atomic E-state index is 0.295. The van der Waals surface area contributed by atoms with Crippen LogP contribution in [0.15, 0.2) is 23.2 Å². The maximum absolute atomic E-state index is 12.8. The molecule has 0 aliphatic carbocycles. The molecule has 0 saturated carbocycles. The van der Waals surface area contributed by atoms with E-state index in [1.807, 2.05) is 18.4 Å². The third-order valence-electron chi connectivity index (χ3n) is 4.20. The Balaban J connectivity index is 2.52. The summed E-state index contributed by atoms with van der Waals surface area (Å²) in [6.07, 6.45) is 3.42. The van der Waals surface area contributed by atoms with Gasteiger partial charge in [0, 0.05) is 35.7 Å². The summed E-state index contributed by atoms with van der Waals surface area (Å²) in [4.78, 5) is 42.4. The number of nitrogens with zero attached hydrogens (tertiary/aromatic N) is 1. The van der Waals surface area contributed by atoms with E-state index in [-0.39, 0.29) is 5.91 Å². The van der Waals surface area contributed by atoms with Crippen LogP contribution < -0.4 is 16.0 Å². The lowest BCUT2D eigenvalue weighted by molar-refractivity contribution is -0.123. The van der Waals surface area contributed by atoms with Gasteiger partial charge in [0.25, 0.3) is 0 Å². The van der Waals surface area contributed by atoms with Crippen molar-refractivity contribution in [3.05, 3.63) is 24.0 Å². The first-order chi connectivity index (χ1) is 16.3. The summed E-state index contributed by atoms with van der Waals surface area (Å²) in [6, 6.07) is 3.18. The largest absolute Gasteiger partial charge is 0.444 e. The van der Waals surface area contributed by atoms with Gasteiger partial charge < -0.3 is 25.4 Å². The zero-order valence-electron chi connectivity index (χ0n) is 21.9. The molecule has 1 heterocycles. The van der Waals surface area contributed by atoms with Gasteiger partial charge in [-0.25, -0.2) is 9.59 Å². The first-order valence-corrected chi connectivity index (χ1v) is 14.0. The van der Waals surface area contributed by atoms with E-state index in [4.69, 9.17) is 9.47 Å². The van der Waals surface area contributed by atoms with Crippen molar-refractivity contribution in [1.29, 1.82) is 0 Å². The summed E-state index contributed by atoms with van der Waals surface area (Å²) in [6.45, 7) is 11.4. The van der Waals surface area contributed by atoms with Crippen LogP contribution in [0.1, 0.15) is 60.1 Å². The lowest BCUT2D eigenvalue weighted by Crippen LogP contribution is -2.48. The molecule has 0 saturated heterocycles. The average Bonchev–Trinajstić information content (AvgIpc) is 2.73. The van der Waals surface area contributed by atoms with Gasteiger partial charge in [-0.05, 0) is 72.8 Å². The minimum atomic E-state index is -0.783. The Kier molecular flexibility index (Phi) is 13.3. The summed E-state index contributed by atoms with van der Waals surface area (Å²) in [5.41, 5.74) is -0.240. The van der Waals surface area contributed by atoms with Gasteiger partial charge in [-0.2, -0.15) is 11.8 Å². The molecule has 1 aromatic heterocycles. The van der Waals surface area contributed by atoms with Crippen LogP contribution in [0.25, 0.3) is 0 Å². The van der Waals surface area contributed by atoms with Crippen molar-refractivity contribution in [2.45, 2.75) is 82.3 Å². The number of carbonyl (C=O) groups excluding carboxylic acids is 3. The molecule has 1 atom stereocenters. The number of pyridine rings is 1. The molecule has 0 fully saturated rings. The first kappa shape index (κ1) is 30.9. The van der Waals surface area contributed by atoms with Gasteiger partial charge in [-0.1, -0.05) is 0 Å². The highest BCUT2D eigenvalue weighted by molar-refractivity contribution is 7.99. The fraction of sp³-hybridized carbons (Fsp3) is 0.667. The third kappa shape index (κ3) is 14.8. The highest BCUT2D eigenvalue weighted by Crippen LogP contribution is 2.21. The van der Waals surface area contributed by atoms with Crippen LogP contribution in [0.5, 0.6) is 0 Å². The maximum atomic E-state index is 12.8. The summed E-state index contributed by atoms with van der Waals surface area (Å²) >= 11 is 3.34. The Morgan fingerprint density at radius 2 is 1.66 bits per heavy atom. The second-order valence-electron chi connectivity index (χ2n) is 9.77. The summed E-state index contributed by atoms with van der Waals surface area (Å²) in [5.74, 6) is 1.16. The van der Waals surface area contributed by atoms with Crippen LogP contribution in [0, 0.1) is 0 Å². The Hall–Kier alpha value is -2.14. The number of ether oxygens (including phenoxy) is 2. The molecule has 35 heavy (non-hydrogen) atoms. The molecule has 0 unspecified atom stereocenters. The third-order valence-corrected chi connectivity index (χ3v) is 5.98. The van der Waals surface area contributed by atoms with Crippen molar-refractivity contribution < 1.29 is 23.9 Å². The molecule has 3 amide bonds. The molecule has 0 radical (unpaired) electrons. The molecule has 0 aromatic carbocycles. The molecular formula is C24H40N4O5S2. The van der Waals surface area contributed by atoms with Crippen molar-refractivity contribution in [3.63, 3.8) is 0 Å². The van der Waals surface area contributed by atoms with E-state index >= 15 is 0 Å². The summed E-state index contributed by atoms with van der Waals surface area (Å²) in [7, 11) is 0. The zero-order chi connectivity index (χ0) is 26.5. The van der Waals surface area contributed by atoms with Crippen LogP contribution >= 0.6 is 23.5 Å². The van der Waals surface area contributed by atoms with E-state index < -0.39 is 29.4 Å². The Bertz CT molecular complexity index is 825. The Morgan fingerprint density at radius 1 is 1.00 bits per heavy atom. The lowest BCUT2D eigenvalue weighted by Gasteiger charge is -2.23. The molecule has 198 valence electrons. The van der Waals surface area contributed by atoms with Crippen molar-refractivity contribution in [2.75, 3.05) is 25.1 Å². The van der Waals surface area contributed by atoms with E-state index in [9.17, 15) is 14.4 Å². The molecular weight excluding hydrogens is 488 g/mol. The number of hydrogen-bond donors (Lipinski definition) is 3. The van der Waals surface area contributed by atoms with Gasteiger partial charge in [-0.15, -0.1) is 11.8 Å². The normalized spacial score (nSPS) is 12.4. The van der Waals surface area contributed by atoms with Crippen molar-refractivity contribution in [2.24, 2.45) is 0 Å². The van der Waals surface area contributed by atoms with Crippen molar-refractivity contribution in [3.8, 4) is 0 Å². The zero-order valence-corrected chi connectivity index (χ0v) is 23.5. The fourth-order valence-corrected chi connectivity index (χ4v) is 4.27. The SMILES string of the molecule is CSc1cccnc1CSCCNC(=O)[C@@H](CCCNC(=O)OC(C)(C)C)NC(=O)OC(C)(C)C. The van der Waals surface area contributed by atoms with Crippen molar-refractivity contribution in [1.82, 2.24) is 20.9 Å². The molecule has 0 aliphatic heterocycles. The number of hydrogen-bond acceptors (Lipinski definition) is 8. The number of thioether (sulfide) groups is 2. The van der Waals surface area contributed by atoms with Gasteiger partial charge in [0.15, 0.2) is 0 Å². The number of aromatic nitrogens is 1. The quantitative estimate of drug-likeness (QED) is 0.271. The average molecular weight is 529 g/mol. The first-order valence-electron chi connectivity index (χ1n) is 11.6. The number of carbonyl (C=O) groups is 3. The van der Waals surface area contributed by atoms with Gasteiger partial charge >= 0.3 is 12.2 Å². The molecule has 0 spiro atoms. The van der Waals surface area contributed by atoms with Crippen LogP contribution in [0.2, 0.25) is 0 Å². The standard InChI is InChI=1S/C24H40N4O5S2/c1-23(2,3)32-21(30)27-13-8-10-17(28-22(31)33-24(4,5)6)20(29)26-14-15-35-16-18-19(34-7)11-9-12-25-18/h9,11-12,17H,8,10,13-16H2,1-7H3,(H,26,29)(H,27,30)(H,28,31)/t17-/m1/s1. The molecule has 1 aromatic rings. The minimum Gasteiger partial charge on any atom is -0.444 e. The van der Waals surface area contributed by atoms with Gasteiger partial charge in [-0.3, -0.25) is 9.78 Å². The number of rotatable bonds is 12.